The molecule has 0 bridgehead atoms. The standard InChI is InChI=1S/C39H26N4O/c1-3-11-25(12-4-1)37-40-38(26-13-5-2-6-14-26)42-39(41-37)27-19-21-28(22-20-27)43-33-17-9-7-15-29(33)31-23-24-32-30-16-8-10-18-34(30)44-36(32)35(31)43/h1-24,39H,(H,40,41,42). The minimum atomic E-state index is -0.285. The third-order valence-electron chi connectivity index (χ3n) is 8.47. The molecule has 6 aromatic carbocycles. The lowest BCUT2D eigenvalue weighted by atomic mass is 10.1. The Balaban J connectivity index is 1.19. The van der Waals surface area contributed by atoms with Crippen LogP contribution < -0.4 is 5.32 Å². The highest BCUT2D eigenvalue weighted by molar-refractivity contribution is 6.21. The highest BCUT2D eigenvalue weighted by Gasteiger charge is 2.22. The van der Waals surface area contributed by atoms with Gasteiger partial charge in [0.05, 0.1) is 11.0 Å². The van der Waals surface area contributed by atoms with Crippen molar-refractivity contribution >= 4 is 55.4 Å². The summed E-state index contributed by atoms with van der Waals surface area (Å²) in [6.07, 6.45) is -0.285. The van der Waals surface area contributed by atoms with E-state index in [-0.39, 0.29) is 6.17 Å². The smallest absolute Gasteiger partial charge is 0.160 e. The Morgan fingerprint density at radius 2 is 1.23 bits per heavy atom. The van der Waals surface area contributed by atoms with Crippen molar-refractivity contribution in [1.29, 1.82) is 0 Å². The average Bonchev–Trinajstić information content (AvgIpc) is 3.65. The molecule has 0 aliphatic carbocycles. The zero-order valence-corrected chi connectivity index (χ0v) is 23.7. The maximum absolute atomic E-state index is 6.52. The molecule has 0 radical (unpaired) electrons. The Hall–Kier alpha value is -5.94. The highest BCUT2D eigenvalue weighted by Crippen LogP contribution is 2.40. The third-order valence-corrected chi connectivity index (χ3v) is 8.47. The molecule has 5 heteroatoms. The second kappa shape index (κ2) is 9.82. The number of amidine groups is 2. The van der Waals surface area contributed by atoms with Crippen LogP contribution in [0.2, 0.25) is 0 Å². The van der Waals surface area contributed by atoms with Crippen molar-refractivity contribution in [3.63, 3.8) is 0 Å². The molecule has 1 unspecified atom stereocenters. The van der Waals surface area contributed by atoms with Gasteiger partial charge in [0.15, 0.2) is 11.4 Å². The quantitative estimate of drug-likeness (QED) is 0.231. The summed E-state index contributed by atoms with van der Waals surface area (Å²) in [6, 6.07) is 50.3. The van der Waals surface area contributed by atoms with Crippen LogP contribution in [0, 0.1) is 0 Å². The topological polar surface area (TPSA) is 54.8 Å². The van der Waals surface area contributed by atoms with Crippen LogP contribution in [-0.2, 0) is 0 Å². The number of aromatic nitrogens is 1. The summed E-state index contributed by atoms with van der Waals surface area (Å²) in [4.78, 5) is 9.96. The lowest BCUT2D eigenvalue weighted by Crippen LogP contribution is -2.33. The molecule has 1 N–H and O–H groups in total. The first-order valence-corrected chi connectivity index (χ1v) is 14.8. The number of fused-ring (bicyclic) bond motifs is 7. The van der Waals surface area contributed by atoms with Gasteiger partial charge in [0.1, 0.15) is 17.6 Å². The Bertz CT molecular complexity index is 2400. The van der Waals surface area contributed by atoms with Crippen molar-refractivity contribution in [2.75, 3.05) is 0 Å². The van der Waals surface area contributed by atoms with Crippen molar-refractivity contribution < 1.29 is 4.42 Å². The lowest BCUT2D eigenvalue weighted by Gasteiger charge is -2.24. The van der Waals surface area contributed by atoms with Crippen LogP contribution in [-0.4, -0.2) is 16.2 Å². The van der Waals surface area contributed by atoms with Crippen LogP contribution in [0.5, 0.6) is 0 Å². The molecule has 208 valence electrons. The summed E-state index contributed by atoms with van der Waals surface area (Å²) >= 11 is 0. The molecule has 44 heavy (non-hydrogen) atoms. The molecule has 5 nitrogen and oxygen atoms in total. The molecule has 3 heterocycles. The summed E-state index contributed by atoms with van der Waals surface area (Å²) in [5.41, 5.74) is 8.15. The van der Waals surface area contributed by atoms with Crippen LogP contribution in [0.1, 0.15) is 22.9 Å². The van der Waals surface area contributed by atoms with E-state index in [2.05, 4.69) is 107 Å². The number of nitrogens with zero attached hydrogens (tertiary/aromatic N) is 3. The van der Waals surface area contributed by atoms with Gasteiger partial charge < -0.3 is 14.3 Å². The van der Waals surface area contributed by atoms with Gasteiger partial charge in [-0.15, -0.1) is 0 Å². The Morgan fingerprint density at radius 1 is 0.568 bits per heavy atom. The van der Waals surface area contributed by atoms with Crippen molar-refractivity contribution in [1.82, 2.24) is 9.88 Å². The van der Waals surface area contributed by atoms with Gasteiger partial charge in [-0.05, 0) is 35.9 Å². The van der Waals surface area contributed by atoms with Gasteiger partial charge in [0, 0.05) is 38.4 Å². The van der Waals surface area contributed by atoms with Gasteiger partial charge in [0.2, 0.25) is 0 Å². The second-order valence-corrected chi connectivity index (χ2v) is 11.1. The summed E-state index contributed by atoms with van der Waals surface area (Å²) in [6.45, 7) is 0. The predicted octanol–water partition coefficient (Wildman–Crippen LogP) is 9.18. The molecule has 1 aliphatic heterocycles. The third kappa shape index (κ3) is 3.87. The molecular formula is C39H26N4O. The van der Waals surface area contributed by atoms with E-state index in [4.69, 9.17) is 14.4 Å². The van der Waals surface area contributed by atoms with Crippen LogP contribution in [0.25, 0.3) is 49.4 Å². The first kappa shape index (κ1) is 24.6. The normalized spacial score (nSPS) is 15.0. The Morgan fingerprint density at radius 3 is 2.02 bits per heavy atom. The maximum Gasteiger partial charge on any atom is 0.160 e. The SMILES string of the molecule is c1ccc(C2=NC(c3ccc(-n4c5ccccc5c5ccc6c7ccccc7oc6c54)cc3)NC(c3ccccc3)=N2)cc1. The van der Waals surface area contributed by atoms with E-state index in [0.717, 1.165) is 61.2 Å². The molecule has 0 fully saturated rings. The van der Waals surface area contributed by atoms with Crippen molar-refractivity contribution in [3.8, 4) is 5.69 Å². The zero-order valence-electron chi connectivity index (χ0n) is 23.7. The van der Waals surface area contributed by atoms with Gasteiger partial charge in [-0.1, -0.05) is 115 Å². The molecule has 0 saturated carbocycles. The van der Waals surface area contributed by atoms with Gasteiger partial charge >= 0.3 is 0 Å². The van der Waals surface area contributed by atoms with Crippen LogP contribution in [0.15, 0.2) is 160 Å². The number of nitrogens with one attached hydrogen (secondary N) is 1. The molecule has 0 saturated heterocycles. The van der Waals surface area contributed by atoms with E-state index >= 15 is 0 Å². The molecule has 1 atom stereocenters. The van der Waals surface area contributed by atoms with E-state index in [1.807, 2.05) is 48.5 Å². The number of furan rings is 1. The van der Waals surface area contributed by atoms with Crippen LogP contribution in [0.4, 0.5) is 0 Å². The molecule has 0 amide bonds. The fourth-order valence-electron chi connectivity index (χ4n) is 6.38. The molecule has 8 aromatic rings. The largest absolute Gasteiger partial charge is 0.454 e. The lowest BCUT2D eigenvalue weighted by molar-refractivity contribution is 0.670. The van der Waals surface area contributed by atoms with Gasteiger partial charge in [0.25, 0.3) is 0 Å². The number of para-hydroxylation sites is 2. The Kier molecular flexibility index (Phi) is 5.50. The number of rotatable bonds is 4. The van der Waals surface area contributed by atoms with Gasteiger partial charge in [-0.3, -0.25) is 0 Å². The zero-order chi connectivity index (χ0) is 29.0. The summed E-state index contributed by atoms with van der Waals surface area (Å²) in [5.74, 6) is 1.52. The van der Waals surface area contributed by atoms with Crippen molar-refractivity contribution in [2.45, 2.75) is 6.17 Å². The average molecular weight is 567 g/mol. The van der Waals surface area contributed by atoms with Crippen molar-refractivity contribution in [3.05, 3.63) is 162 Å². The molecule has 9 rings (SSSR count). The number of hydrogen-bond acceptors (Lipinski definition) is 4. The molecule has 1 aliphatic rings. The second-order valence-electron chi connectivity index (χ2n) is 11.1. The Labute approximate surface area is 253 Å². The number of hydrogen-bond donors (Lipinski definition) is 1. The van der Waals surface area contributed by atoms with E-state index < -0.39 is 0 Å². The minimum Gasteiger partial charge on any atom is -0.454 e. The number of aliphatic imine (C=N–C) groups is 2. The van der Waals surface area contributed by atoms with E-state index in [9.17, 15) is 0 Å². The molecular weight excluding hydrogens is 540 g/mol. The predicted molar refractivity (Wildman–Crippen MR) is 180 cm³/mol. The highest BCUT2D eigenvalue weighted by atomic mass is 16.3. The van der Waals surface area contributed by atoms with E-state index in [1.165, 1.54) is 10.8 Å². The fraction of sp³-hybridized carbons (Fsp3) is 0.0256. The van der Waals surface area contributed by atoms with Crippen LogP contribution in [0.3, 0.4) is 0 Å². The fourth-order valence-corrected chi connectivity index (χ4v) is 6.38. The first-order chi connectivity index (χ1) is 21.8. The first-order valence-electron chi connectivity index (χ1n) is 14.8. The monoisotopic (exact) mass is 566 g/mol. The van der Waals surface area contributed by atoms with E-state index in [0.29, 0.717) is 5.84 Å². The van der Waals surface area contributed by atoms with Gasteiger partial charge in [-0.2, -0.15) is 0 Å². The van der Waals surface area contributed by atoms with E-state index in [1.54, 1.807) is 0 Å². The summed E-state index contributed by atoms with van der Waals surface area (Å²) in [5, 5.41) is 8.20. The summed E-state index contributed by atoms with van der Waals surface area (Å²) < 4.78 is 8.84. The maximum atomic E-state index is 6.52. The van der Waals surface area contributed by atoms with Crippen molar-refractivity contribution in [2.24, 2.45) is 9.98 Å². The minimum absolute atomic E-state index is 0.285. The number of benzene rings is 6. The van der Waals surface area contributed by atoms with Crippen LogP contribution >= 0.6 is 0 Å². The molecule has 2 aromatic heterocycles. The summed E-state index contributed by atoms with van der Waals surface area (Å²) in [7, 11) is 0. The molecule has 0 spiro atoms. The van der Waals surface area contributed by atoms with Gasteiger partial charge in [-0.25, -0.2) is 9.98 Å².